The Labute approximate surface area is 78.8 Å². The second kappa shape index (κ2) is 28.7. The molecule has 0 rings (SSSR count). The van der Waals surface area contributed by atoms with Gasteiger partial charge in [0, 0.05) is 0 Å². The van der Waals surface area contributed by atoms with Gasteiger partial charge in [0.2, 0.25) is 0 Å². The van der Waals surface area contributed by atoms with E-state index in [0.717, 1.165) is 0 Å². The molecule has 0 aromatic heterocycles. The maximum absolute atomic E-state index is 2.58. The van der Waals surface area contributed by atoms with E-state index >= 15 is 0 Å². The number of halogens is 2. The first kappa shape index (κ1) is 24.8. The number of hydrogen-bond donors (Lipinski definition) is 0. The Kier molecular flexibility index (Phi) is 118. The van der Waals surface area contributed by atoms with Gasteiger partial charge in [-0.05, 0) is 0 Å². The van der Waals surface area contributed by atoms with Crippen LogP contribution in [0.25, 0.3) is 0 Å². The van der Waals surface area contributed by atoms with Crippen molar-refractivity contribution in [3.05, 3.63) is 0 Å². The number of hydrogen-bond acceptors (Lipinski definition) is 0. The molecule has 4 heteroatoms. The minimum atomic E-state index is 0. The van der Waals surface area contributed by atoms with Crippen LogP contribution < -0.4 is 0 Å². The summed E-state index contributed by atoms with van der Waals surface area (Å²) < 4.78 is 0. The molecule has 0 atom stereocenters. The maximum Gasteiger partial charge on any atom is 2.00 e. The van der Waals surface area contributed by atoms with Gasteiger partial charge in [-0.25, -0.2) is 0 Å². The minimum absolute atomic E-state index is 0. The fraction of sp³-hybridized carbons (Fsp3) is 1.00. The molecule has 0 bridgehead atoms. The van der Waals surface area contributed by atoms with E-state index in [2.05, 4.69) is 23.2 Å². The van der Waals surface area contributed by atoms with Crippen molar-refractivity contribution in [1.29, 1.82) is 0 Å². The zero-order chi connectivity index (χ0) is 2.71. The topological polar surface area (TPSA) is 0 Å². The molecule has 0 nitrogen and oxygen atoms in total. The summed E-state index contributed by atoms with van der Waals surface area (Å²) in [5.74, 6) is 0. The average Bonchev–Trinajstić information content (AvgIpc) is 0.918. The third-order valence-electron chi connectivity index (χ3n) is 0. The van der Waals surface area contributed by atoms with E-state index in [-0.39, 0.29) is 50.7 Å². The predicted octanol–water partition coefficient (Wildman–Crippen LogP) is 1.28. The molecule has 0 heterocycles. The molecule has 0 amide bonds. The molecule has 36 valence electrons. The summed E-state index contributed by atoms with van der Waals surface area (Å²) in [6, 6.07) is 0. The Morgan fingerprint density at radius 2 is 1.50 bits per heavy atom. The van der Waals surface area contributed by atoms with Gasteiger partial charge in [0.05, 0.1) is 0 Å². The van der Waals surface area contributed by atoms with Crippen LogP contribution >= 0.6 is 24.8 Å². The van der Waals surface area contributed by atoms with Crippen molar-refractivity contribution in [2.45, 2.75) is 12.2 Å². The Balaban J connectivity index is -0.00000000200. The second-order valence-corrected chi connectivity index (χ2v) is 1.22. The first-order chi connectivity index (χ1) is 1.41. The molecule has 0 saturated heterocycles. The molecule has 0 spiro atoms. The molecule has 0 aromatic rings. The van der Waals surface area contributed by atoms with Gasteiger partial charge >= 0.3 is 23.1 Å². The molecule has 0 aromatic carbocycles. The van der Waals surface area contributed by atoms with Gasteiger partial charge in [-0.1, -0.05) is 6.92 Å². The molecule has 2 radical (unpaired) electrons. The Hall–Kier alpha value is 1.88. The van der Waals surface area contributed by atoms with E-state index in [0.29, 0.717) is 0 Å². The van der Waals surface area contributed by atoms with Crippen LogP contribution in [0.15, 0.2) is 0 Å². The number of rotatable bonds is 0. The molecule has 0 N–H and O–H groups in total. The van der Waals surface area contributed by atoms with Gasteiger partial charge in [0.1, 0.15) is 16.3 Å². The average molecular weight is 155 g/mol. The van der Waals surface area contributed by atoms with Crippen molar-refractivity contribution in [2.75, 3.05) is 0 Å². The monoisotopic (exact) mass is 154 g/mol. The van der Waals surface area contributed by atoms with E-state index in [9.17, 15) is 0 Å². The van der Waals surface area contributed by atoms with Crippen molar-refractivity contribution in [1.82, 2.24) is 0 Å². The standard InChI is InChI=1S/C2H5.Al.2ClH.Mg.2H/c1-2;;;;;;/h1H2,2H3;;2*1H;;;/q;;;;+2;2*-1. The maximum atomic E-state index is 2.58. The molecule has 0 aliphatic heterocycles. The van der Waals surface area contributed by atoms with Crippen LogP contribution in [0.1, 0.15) is 9.78 Å². The van der Waals surface area contributed by atoms with E-state index < -0.39 is 0 Å². The largest absolute Gasteiger partial charge is 2.00 e. The van der Waals surface area contributed by atoms with Gasteiger partial charge in [-0.15, -0.1) is 30.1 Å². The molecule has 0 fully saturated rings. The van der Waals surface area contributed by atoms with Gasteiger partial charge < -0.3 is 2.85 Å². The molecule has 0 unspecified atom stereocenters. The summed E-state index contributed by atoms with van der Waals surface area (Å²) in [6.45, 7) is 2.09. The quantitative estimate of drug-likeness (QED) is 0.462. The molecule has 0 saturated carbocycles. The van der Waals surface area contributed by atoms with Crippen LogP contribution in [-0.4, -0.2) is 39.3 Å². The van der Waals surface area contributed by atoms with Crippen molar-refractivity contribution in [3.8, 4) is 0 Å². The van der Waals surface area contributed by atoms with Crippen LogP contribution in [0.5, 0.6) is 0 Å². The molecule has 0 aliphatic rings. The summed E-state index contributed by atoms with van der Waals surface area (Å²) >= 11 is 2.58. The Morgan fingerprint density at radius 1 is 1.50 bits per heavy atom. The van der Waals surface area contributed by atoms with Gasteiger partial charge in [-0.3, -0.25) is 0 Å². The van der Waals surface area contributed by atoms with E-state index in [1.165, 1.54) is 5.28 Å². The zero-order valence-corrected chi connectivity index (χ0v) is 8.01. The Bertz CT molecular complexity index is 18.0. The third-order valence-corrected chi connectivity index (χ3v) is 0. The van der Waals surface area contributed by atoms with Crippen LogP contribution in [0.3, 0.4) is 0 Å². The first-order valence-electron chi connectivity index (χ1n) is 1.12. The van der Waals surface area contributed by atoms with Crippen LogP contribution in [0, 0.1) is 0 Å². The third kappa shape index (κ3) is 39.6. The molecule has 0 aliphatic carbocycles. The fourth-order valence-corrected chi connectivity index (χ4v) is 0. The molecule has 6 heavy (non-hydrogen) atoms. The molecular formula is C2H9AlCl2Mg. The second-order valence-electron chi connectivity index (χ2n) is 0.408. The molecular weight excluding hydrogens is 146 g/mol. The fourth-order valence-electron chi connectivity index (χ4n) is 0. The smallest absolute Gasteiger partial charge is 1.00 e. The SMILES string of the molecule is C[CH2][Al].Cl.Cl.[H-].[H-].[Mg+2]. The minimum Gasteiger partial charge on any atom is -1.00 e. The van der Waals surface area contributed by atoms with Gasteiger partial charge in [0.15, 0.2) is 0 Å². The van der Waals surface area contributed by atoms with E-state index in [1.54, 1.807) is 0 Å². The van der Waals surface area contributed by atoms with Gasteiger partial charge in [0.25, 0.3) is 0 Å². The van der Waals surface area contributed by atoms with Crippen molar-refractivity contribution in [3.63, 3.8) is 0 Å². The summed E-state index contributed by atoms with van der Waals surface area (Å²) in [5, 5.41) is 1.17. The summed E-state index contributed by atoms with van der Waals surface area (Å²) in [6.07, 6.45) is 0. The van der Waals surface area contributed by atoms with E-state index in [4.69, 9.17) is 0 Å². The first-order valence-corrected chi connectivity index (χ1v) is 1.93. The normalized spacial score (nSPS) is 2.83. The van der Waals surface area contributed by atoms with Crippen LogP contribution in [0.2, 0.25) is 5.28 Å². The van der Waals surface area contributed by atoms with Crippen LogP contribution in [0.4, 0.5) is 0 Å². The predicted molar refractivity (Wildman–Crippen MR) is 38.7 cm³/mol. The van der Waals surface area contributed by atoms with Crippen molar-refractivity contribution >= 4 is 64.2 Å². The van der Waals surface area contributed by atoms with Crippen molar-refractivity contribution < 1.29 is 2.85 Å². The van der Waals surface area contributed by atoms with E-state index in [1.807, 2.05) is 0 Å². The summed E-state index contributed by atoms with van der Waals surface area (Å²) in [4.78, 5) is 0. The Morgan fingerprint density at radius 3 is 1.50 bits per heavy atom. The van der Waals surface area contributed by atoms with Gasteiger partial charge in [-0.2, -0.15) is 0 Å². The van der Waals surface area contributed by atoms with Crippen LogP contribution in [-0.2, 0) is 0 Å². The summed E-state index contributed by atoms with van der Waals surface area (Å²) in [5.41, 5.74) is 0. The summed E-state index contributed by atoms with van der Waals surface area (Å²) in [7, 11) is 0. The van der Waals surface area contributed by atoms with Crippen molar-refractivity contribution in [2.24, 2.45) is 0 Å². The zero-order valence-electron chi connectivity index (χ0n) is 5.81.